The minimum absolute atomic E-state index is 0.0795. The molecule has 0 N–H and O–H groups in total. The molecule has 0 saturated carbocycles. The van der Waals surface area contributed by atoms with Crippen molar-refractivity contribution in [1.82, 2.24) is 0 Å². The summed E-state index contributed by atoms with van der Waals surface area (Å²) >= 11 is 0. The summed E-state index contributed by atoms with van der Waals surface area (Å²) in [6, 6.07) is 10.5. The Morgan fingerprint density at radius 3 is 2.04 bits per heavy atom. The smallest absolute Gasteiger partial charge is 0.305 e. The summed E-state index contributed by atoms with van der Waals surface area (Å²) in [5.74, 6) is -0.0795. The van der Waals surface area contributed by atoms with E-state index in [0.29, 0.717) is 12.5 Å². The predicted molar refractivity (Wildman–Crippen MR) is 113 cm³/mol. The molecule has 1 unspecified atom stereocenters. The van der Waals surface area contributed by atoms with Crippen molar-refractivity contribution in [3.8, 4) is 0 Å². The second kappa shape index (κ2) is 16.8. The minimum atomic E-state index is -0.0795. The Morgan fingerprint density at radius 1 is 0.852 bits per heavy atom. The number of esters is 1. The number of benzene rings is 1. The van der Waals surface area contributed by atoms with Crippen molar-refractivity contribution in [2.24, 2.45) is 0 Å². The van der Waals surface area contributed by atoms with Gasteiger partial charge in [-0.15, -0.1) is 0 Å². The van der Waals surface area contributed by atoms with Gasteiger partial charge in [0.25, 0.3) is 0 Å². The Bertz CT molecular complexity index is 458. The maximum atomic E-state index is 11.0. The molecule has 1 atom stereocenters. The van der Waals surface area contributed by atoms with Gasteiger partial charge in [-0.2, -0.15) is 0 Å². The number of ether oxygens (including phenoxy) is 2. The molecule has 27 heavy (non-hydrogen) atoms. The van der Waals surface area contributed by atoms with Gasteiger partial charge >= 0.3 is 5.97 Å². The maximum Gasteiger partial charge on any atom is 0.305 e. The molecule has 1 aromatic rings. The number of carbonyl (C=O) groups excluding carboxylic acids is 1. The largest absolute Gasteiger partial charge is 0.469 e. The third kappa shape index (κ3) is 13.5. The monoisotopic (exact) mass is 376 g/mol. The highest BCUT2D eigenvalue weighted by atomic mass is 16.5. The molecule has 0 aromatic heterocycles. The molecule has 0 bridgehead atoms. The Labute approximate surface area is 166 Å². The zero-order chi connectivity index (χ0) is 19.6. The fraction of sp³-hybridized carbons (Fsp3) is 0.708. The topological polar surface area (TPSA) is 35.5 Å². The zero-order valence-electron chi connectivity index (χ0n) is 17.6. The average molecular weight is 377 g/mol. The van der Waals surface area contributed by atoms with Crippen LogP contribution in [0.15, 0.2) is 30.3 Å². The molecule has 0 aliphatic rings. The Morgan fingerprint density at radius 2 is 1.44 bits per heavy atom. The van der Waals surface area contributed by atoms with Crippen LogP contribution in [-0.2, 0) is 20.9 Å². The first kappa shape index (κ1) is 23.7. The summed E-state index contributed by atoms with van der Waals surface area (Å²) in [7, 11) is 1.46. The lowest BCUT2D eigenvalue weighted by atomic mass is 10.0. The summed E-state index contributed by atoms with van der Waals surface area (Å²) < 4.78 is 10.8. The summed E-state index contributed by atoms with van der Waals surface area (Å²) in [4.78, 5) is 11.0. The molecule has 3 heteroatoms. The SMILES string of the molecule is CCCC(CCCCCCCCCCCC(=O)OC)OCc1ccccc1. The van der Waals surface area contributed by atoms with E-state index in [2.05, 4.69) is 42.0 Å². The lowest BCUT2D eigenvalue weighted by Crippen LogP contribution is -2.12. The Kier molecular flexibility index (Phi) is 14.7. The van der Waals surface area contributed by atoms with Crippen LogP contribution in [0.5, 0.6) is 0 Å². The summed E-state index contributed by atoms with van der Waals surface area (Å²) in [5.41, 5.74) is 1.27. The fourth-order valence-electron chi connectivity index (χ4n) is 3.40. The highest BCUT2D eigenvalue weighted by molar-refractivity contribution is 5.68. The standard InChI is InChI=1S/C24H40O3/c1-3-16-23(27-21-22-17-12-11-13-18-22)19-14-9-7-5-4-6-8-10-15-20-24(25)26-2/h11-13,17-18,23H,3-10,14-16,19-21H2,1-2H3. The Hall–Kier alpha value is -1.35. The summed E-state index contributed by atoms with van der Waals surface area (Å²) in [6.45, 7) is 2.98. The van der Waals surface area contributed by atoms with Crippen molar-refractivity contribution in [3.63, 3.8) is 0 Å². The first-order valence-electron chi connectivity index (χ1n) is 11.0. The molecule has 0 radical (unpaired) electrons. The Balaban J connectivity index is 1.96. The normalized spacial score (nSPS) is 12.1. The van der Waals surface area contributed by atoms with Crippen LogP contribution in [-0.4, -0.2) is 19.2 Å². The lowest BCUT2D eigenvalue weighted by molar-refractivity contribution is -0.140. The van der Waals surface area contributed by atoms with E-state index in [0.717, 1.165) is 19.4 Å². The molecule has 1 aromatic carbocycles. The van der Waals surface area contributed by atoms with Crippen molar-refractivity contribution in [2.75, 3.05) is 7.11 Å². The number of unbranched alkanes of at least 4 members (excludes halogenated alkanes) is 8. The van der Waals surface area contributed by atoms with Gasteiger partial charge in [0.15, 0.2) is 0 Å². The van der Waals surface area contributed by atoms with E-state index in [1.165, 1.54) is 76.9 Å². The van der Waals surface area contributed by atoms with Gasteiger partial charge in [-0.25, -0.2) is 0 Å². The van der Waals surface area contributed by atoms with Gasteiger partial charge in [0.2, 0.25) is 0 Å². The van der Waals surface area contributed by atoms with Crippen molar-refractivity contribution in [2.45, 2.75) is 103 Å². The van der Waals surface area contributed by atoms with Gasteiger partial charge in [-0.05, 0) is 24.8 Å². The number of carbonyl (C=O) groups is 1. The number of hydrogen-bond donors (Lipinski definition) is 0. The van der Waals surface area contributed by atoms with Crippen LogP contribution in [0.25, 0.3) is 0 Å². The molecule has 0 heterocycles. The number of hydrogen-bond acceptors (Lipinski definition) is 3. The van der Waals surface area contributed by atoms with E-state index >= 15 is 0 Å². The highest BCUT2D eigenvalue weighted by Gasteiger charge is 2.08. The minimum Gasteiger partial charge on any atom is -0.469 e. The van der Waals surface area contributed by atoms with Gasteiger partial charge in [0, 0.05) is 6.42 Å². The highest BCUT2D eigenvalue weighted by Crippen LogP contribution is 2.16. The first-order chi connectivity index (χ1) is 13.3. The van der Waals surface area contributed by atoms with Gasteiger partial charge in [0.05, 0.1) is 19.8 Å². The van der Waals surface area contributed by atoms with Crippen LogP contribution in [0.1, 0.15) is 96.0 Å². The van der Waals surface area contributed by atoms with E-state index < -0.39 is 0 Å². The van der Waals surface area contributed by atoms with Gasteiger partial charge in [-0.3, -0.25) is 4.79 Å². The second-order valence-electron chi connectivity index (χ2n) is 7.50. The third-order valence-corrected chi connectivity index (χ3v) is 5.07. The molecule has 0 fully saturated rings. The van der Waals surface area contributed by atoms with Crippen molar-refractivity contribution < 1.29 is 14.3 Å². The van der Waals surface area contributed by atoms with E-state index in [4.69, 9.17) is 4.74 Å². The lowest BCUT2D eigenvalue weighted by Gasteiger charge is -2.17. The van der Waals surface area contributed by atoms with Gasteiger partial charge in [-0.1, -0.05) is 95.0 Å². The first-order valence-corrected chi connectivity index (χ1v) is 11.0. The van der Waals surface area contributed by atoms with Gasteiger partial charge < -0.3 is 9.47 Å². The average Bonchev–Trinajstić information content (AvgIpc) is 2.70. The molecule has 154 valence electrons. The van der Waals surface area contributed by atoms with E-state index in [9.17, 15) is 4.79 Å². The van der Waals surface area contributed by atoms with E-state index in [-0.39, 0.29) is 5.97 Å². The quantitative estimate of drug-likeness (QED) is 0.221. The molecule has 0 aliphatic heterocycles. The number of rotatable bonds is 17. The van der Waals surface area contributed by atoms with E-state index in [1.807, 2.05) is 0 Å². The molecule has 0 spiro atoms. The van der Waals surface area contributed by atoms with Crippen LogP contribution in [0, 0.1) is 0 Å². The second-order valence-corrected chi connectivity index (χ2v) is 7.50. The van der Waals surface area contributed by atoms with Crippen LogP contribution in [0.3, 0.4) is 0 Å². The molecule has 0 amide bonds. The fourth-order valence-corrected chi connectivity index (χ4v) is 3.40. The predicted octanol–water partition coefficient (Wildman–Crippen LogP) is 6.84. The third-order valence-electron chi connectivity index (χ3n) is 5.07. The zero-order valence-corrected chi connectivity index (χ0v) is 17.6. The van der Waals surface area contributed by atoms with E-state index in [1.54, 1.807) is 0 Å². The maximum absolute atomic E-state index is 11.0. The number of methoxy groups -OCH3 is 1. The summed E-state index contributed by atoms with van der Waals surface area (Å²) in [6.07, 6.45) is 15.7. The van der Waals surface area contributed by atoms with Crippen molar-refractivity contribution >= 4 is 5.97 Å². The molecule has 3 nitrogen and oxygen atoms in total. The summed E-state index contributed by atoms with van der Waals surface area (Å²) in [5, 5.41) is 0. The van der Waals surface area contributed by atoms with Crippen LogP contribution < -0.4 is 0 Å². The van der Waals surface area contributed by atoms with Gasteiger partial charge in [0.1, 0.15) is 0 Å². The molecular formula is C24H40O3. The molecular weight excluding hydrogens is 336 g/mol. The molecule has 0 aliphatic carbocycles. The van der Waals surface area contributed by atoms with Crippen LogP contribution >= 0.6 is 0 Å². The molecule has 0 saturated heterocycles. The van der Waals surface area contributed by atoms with Crippen LogP contribution in [0.4, 0.5) is 0 Å². The van der Waals surface area contributed by atoms with Crippen molar-refractivity contribution in [3.05, 3.63) is 35.9 Å². The molecule has 1 rings (SSSR count). The van der Waals surface area contributed by atoms with Crippen molar-refractivity contribution in [1.29, 1.82) is 0 Å². The van der Waals surface area contributed by atoms with Crippen LogP contribution in [0.2, 0.25) is 0 Å².